The Kier molecular flexibility index (Phi) is 2.04. The normalized spacial score (nSPS) is 14.8. The number of hydrogen-bond donors (Lipinski definition) is 2. The molecule has 2 aromatic rings. The molecule has 17 heavy (non-hydrogen) atoms. The van der Waals surface area contributed by atoms with Gasteiger partial charge < -0.3 is 10.1 Å². The predicted octanol–water partition coefficient (Wildman–Crippen LogP) is 0.600. The summed E-state index contributed by atoms with van der Waals surface area (Å²) in [5.41, 5.74) is 1.88. The molecule has 0 aromatic carbocycles. The molecule has 0 saturated carbocycles. The number of fused-ring (bicyclic) bond motifs is 3. The lowest BCUT2D eigenvalue weighted by Crippen LogP contribution is -2.22. The van der Waals surface area contributed by atoms with Gasteiger partial charge in [-0.2, -0.15) is 5.10 Å². The van der Waals surface area contributed by atoms with Crippen LogP contribution in [0.15, 0.2) is 10.9 Å². The molecule has 2 aromatic heterocycles. The Hall–Kier alpha value is -2.11. The van der Waals surface area contributed by atoms with Crippen LogP contribution in [0.2, 0.25) is 0 Å². The molecular formula is C11H11N3O3. The van der Waals surface area contributed by atoms with Crippen molar-refractivity contribution in [1.29, 1.82) is 0 Å². The number of aromatic amines is 1. The van der Waals surface area contributed by atoms with Crippen molar-refractivity contribution in [2.24, 2.45) is 0 Å². The van der Waals surface area contributed by atoms with Gasteiger partial charge >= 0.3 is 5.97 Å². The van der Waals surface area contributed by atoms with Crippen LogP contribution in [0.4, 0.5) is 0 Å². The Balaban J connectivity index is 2.35. The van der Waals surface area contributed by atoms with E-state index < -0.39 is 5.97 Å². The van der Waals surface area contributed by atoms with E-state index in [1.165, 1.54) is 6.07 Å². The van der Waals surface area contributed by atoms with Crippen LogP contribution in [-0.2, 0) is 12.8 Å². The molecule has 0 radical (unpaired) electrons. The molecule has 1 aliphatic carbocycles. The quantitative estimate of drug-likeness (QED) is 0.755. The lowest BCUT2D eigenvalue weighted by molar-refractivity contribution is 0.0690. The van der Waals surface area contributed by atoms with Crippen molar-refractivity contribution in [1.82, 2.24) is 14.6 Å². The first-order valence-corrected chi connectivity index (χ1v) is 5.54. The molecule has 0 aliphatic heterocycles. The van der Waals surface area contributed by atoms with E-state index in [1.54, 1.807) is 4.52 Å². The number of aromatic carboxylic acids is 1. The summed E-state index contributed by atoms with van der Waals surface area (Å²) in [6, 6.07) is 1.39. The third-order valence-electron chi connectivity index (χ3n) is 3.14. The Morgan fingerprint density at radius 2 is 2.18 bits per heavy atom. The van der Waals surface area contributed by atoms with Crippen molar-refractivity contribution in [2.45, 2.75) is 25.7 Å². The number of H-pyrrole nitrogens is 1. The molecule has 0 spiro atoms. The molecule has 0 saturated heterocycles. The van der Waals surface area contributed by atoms with E-state index in [0.717, 1.165) is 36.9 Å². The molecule has 6 nitrogen and oxygen atoms in total. The highest BCUT2D eigenvalue weighted by molar-refractivity contribution is 5.86. The van der Waals surface area contributed by atoms with Crippen molar-refractivity contribution >= 4 is 11.6 Å². The van der Waals surface area contributed by atoms with E-state index in [2.05, 4.69) is 10.1 Å². The van der Waals surface area contributed by atoms with E-state index in [1.807, 2.05) is 0 Å². The molecule has 88 valence electrons. The number of nitrogens with zero attached hydrogens (tertiary/aromatic N) is 2. The summed E-state index contributed by atoms with van der Waals surface area (Å²) in [5.74, 6) is -1.08. The summed E-state index contributed by atoms with van der Waals surface area (Å²) in [4.78, 5) is 25.3. The number of aryl methyl sites for hydroxylation is 1. The maximum Gasteiger partial charge on any atom is 0.356 e. The van der Waals surface area contributed by atoms with Crippen LogP contribution >= 0.6 is 0 Å². The monoisotopic (exact) mass is 233 g/mol. The first-order chi connectivity index (χ1) is 8.16. The van der Waals surface area contributed by atoms with Gasteiger partial charge in [-0.05, 0) is 25.7 Å². The molecular weight excluding hydrogens is 222 g/mol. The number of hydrogen-bond acceptors (Lipinski definition) is 3. The van der Waals surface area contributed by atoms with Gasteiger partial charge in [0.2, 0.25) is 0 Å². The summed E-state index contributed by atoms with van der Waals surface area (Å²) in [7, 11) is 0. The number of nitrogens with one attached hydrogen (secondary N) is 1. The van der Waals surface area contributed by atoms with Gasteiger partial charge in [0.15, 0.2) is 5.69 Å². The van der Waals surface area contributed by atoms with Gasteiger partial charge in [0.1, 0.15) is 5.65 Å². The molecule has 6 heteroatoms. The van der Waals surface area contributed by atoms with E-state index in [-0.39, 0.29) is 11.3 Å². The number of carboxylic acids is 1. The minimum atomic E-state index is -1.08. The summed E-state index contributed by atoms with van der Waals surface area (Å²) in [5, 5.41) is 12.9. The molecule has 1 aliphatic rings. The number of rotatable bonds is 1. The lowest BCUT2D eigenvalue weighted by atomic mass is 9.97. The third kappa shape index (κ3) is 1.44. The van der Waals surface area contributed by atoms with Crippen molar-refractivity contribution in [3.8, 4) is 0 Å². The van der Waals surface area contributed by atoms with Crippen molar-refractivity contribution in [3.63, 3.8) is 0 Å². The highest BCUT2D eigenvalue weighted by atomic mass is 16.4. The fourth-order valence-electron chi connectivity index (χ4n) is 2.34. The molecule has 0 atom stereocenters. The topological polar surface area (TPSA) is 87.5 Å². The number of carbonyl (C=O) groups is 1. The van der Waals surface area contributed by atoms with E-state index in [0.29, 0.717) is 5.65 Å². The second-order valence-electron chi connectivity index (χ2n) is 4.22. The lowest BCUT2D eigenvalue weighted by Gasteiger charge is -2.15. The maximum atomic E-state index is 11.8. The zero-order valence-corrected chi connectivity index (χ0v) is 9.06. The average molecular weight is 233 g/mol. The smallest absolute Gasteiger partial charge is 0.356 e. The molecule has 0 unspecified atom stereocenters. The van der Waals surface area contributed by atoms with Crippen LogP contribution in [0, 0.1) is 0 Å². The molecule has 3 rings (SSSR count). The Morgan fingerprint density at radius 3 is 2.94 bits per heavy atom. The number of carboxylic acid groups (broad SMARTS) is 1. The SMILES string of the molecule is O=C(O)c1cc2[nH]c(=O)c3c(n2n1)CCCC3. The minimum absolute atomic E-state index is 0.0420. The highest BCUT2D eigenvalue weighted by Crippen LogP contribution is 2.18. The van der Waals surface area contributed by atoms with Crippen LogP contribution < -0.4 is 5.56 Å². The van der Waals surface area contributed by atoms with Gasteiger partial charge in [-0.25, -0.2) is 9.31 Å². The van der Waals surface area contributed by atoms with Crippen LogP contribution in [-0.4, -0.2) is 25.7 Å². The molecule has 2 N–H and O–H groups in total. The van der Waals surface area contributed by atoms with Crippen molar-refractivity contribution in [2.75, 3.05) is 0 Å². The molecule has 0 bridgehead atoms. The standard InChI is InChI=1S/C11H11N3O3/c15-10-6-3-1-2-4-8(6)14-9(12-10)5-7(13-14)11(16)17/h5H,1-4H2,(H,12,15)(H,16,17). The first-order valence-electron chi connectivity index (χ1n) is 5.54. The third-order valence-corrected chi connectivity index (χ3v) is 3.14. The second-order valence-corrected chi connectivity index (χ2v) is 4.22. The zero-order valence-electron chi connectivity index (χ0n) is 9.06. The van der Waals surface area contributed by atoms with Crippen LogP contribution in [0.3, 0.4) is 0 Å². The van der Waals surface area contributed by atoms with Crippen molar-refractivity contribution in [3.05, 3.63) is 33.4 Å². The van der Waals surface area contributed by atoms with Crippen LogP contribution in [0.25, 0.3) is 5.65 Å². The van der Waals surface area contributed by atoms with Gasteiger partial charge in [-0.15, -0.1) is 0 Å². The largest absolute Gasteiger partial charge is 0.476 e. The Bertz CT molecular complexity index is 668. The fourth-order valence-corrected chi connectivity index (χ4v) is 2.34. The Morgan fingerprint density at radius 1 is 1.41 bits per heavy atom. The molecule has 0 amide bonds. The van der Waals surface area contributed by atoms with E-state index in [4.69, 9.17) is 5.11 Å². The van der Waals surface area contributed by atoms with Crippen LogP contribution in [0.1, 0.15) is 34.6 Å². The van der Waals surface area contributed by atoms with E-state index in [9.17, 15) is 9.59 Å². The van der Waals surface area contributed by atoms with Gasteiger partial charge in [0.25, 0.3) is 5.56 Å². The molecule has 2 heterocycles. The Labute approximate surface area is 95.9 Å². The van der Waals surface area contributed by atoms with Gasteiger partial charge in [-0.3, -0.25) is 4.79 Å². The number of aromatic nitrogens is 3. The average Bonchev–Trinajstić information content (AvgIpc) is 2.73. The van der Waals surface area contributed by atoms with Gasteiger partial charge in [0, 0.05) is 11.6 Å². The maximum absolute atomic E-state index is 11.8. The van der Waals surface area contributed by atoms with Crippen molar-refractivity contribution < 1.29 is 9.90 Å². The van der Waals surface area contributed by atoms with E-state index >= 15 is 0 Å². The molecule has 0 fully saturated rings. The summed E-state index contributed by atoms with van der Waals surface area (Å²) < 4.78 is 1.55. The first kappa shape index (κ1) is 10.1. The minimum Gasteiger partial charge on any atom is -0.476 e. The summed E-state index contributed by atoms with van der Waals surface area (Å²) in [6.07, 6.45) is 3.52. The predicted molar refractivity (Wildman–Crippen MR) is 59.4 cm³/mol. The zero-order chi connectivity index (χ0) is 12.0. The highest BCUT2D eigenvalue weighted by Gasteiger charge is 2.19. The van der Waals surface area contributed by atoms with Gasteiger partial charge in [-0.1, -0.05) is 0 Å². The fraction of sp³-hybridized carbons (Fsp3) is 0.364. The van der Waals surface area contributed by atoms with Gasteiger partial charge in [0.05, 0.1) is 5.69 Å². The second kappa shape index (κ2) is 3.44. The van der Waals surface area contributed by atoms with Crippen LogP contribution in [0.5, 0.6) is 0 Å². The summed E-state index contributed by atoms with van der Waals surface area (Å²) >= 11 is 0. The summed E-state index contributed by atoms with van der Waals surface area (Å²) in [6.45, 7) is 0.